The molecule has 0 saturated carbocycles. The van der Waals surface area contributed by atoms with Gasteiger partial charge in [0.25, 0.3) is 15.2 Å². The Morgan fingerprint density at radius 1 is 1.14 bits per heavy atom. The lowest BCUT2D eigenvalue weighted by atomic mass is 9.96. The average Bonchev–Trinajstić information content (AvgIpc) is 3.45. The third kappa shape index (κ3) is 4.54. The summed E-state index contributed by atoms with van der Waals surface area (Å²) in [6, 6.07) is 10.3. The number of sulfonamides is 1. The van der Waals surface area contributed by atoms with Gasteiger partial charge in [-0.15, -0.1) is 5.10 Å². The van der Waals surface area contributed by atoms with Crippen LogP contribution in [-0.2, 0) is 17.1 Å². The van der Waals surface area contributed by atoms with Crippen LogP contribution in [0, 0.1) is 18.7 Å². The third-order valence-corrected chi connectivity index (χ3v) is 8.25. The van der Waals surface area contributed by atoms with Gasteiger partial charge in [-0.2, -0.15) is 9.40 Å². The van der Waals surface area contributed by atoms with Crippen molar-refractivity contribution in [3.8, 4) is 5.69 Å². The molecule has 36 heavy (non-hydrogen) atoms. The van der Waals surface area contributed by atoms with Crippen molar-refractivity contribution in [2.45, 2.75) is 32.0 Å². The summed E-state index contributed by atoms with van der Waals surface area (Å²) in [5, 5.41) is 9.36. The van der Waals surface area contributed by atoms with Crippen molar-refractivity contribution in [2.75, 3.05) is 26.2 Å². The molecule has 2 aromatic heterocycles. The zero-order valence-corrected chi connectivity index (χ0v) is 21.7. The number of fused-ring (bicyclic) bond motifs is 1. The van der Waals surface area contributed by atoms with E-state index in [-0.39, 0.29) is 17.0 Å². The van der Waals surface area contributed by atoms with Gasteiger partial charge in [-0.05, 0) is 60.4 Å². The molecule has 0 aliphatic carbocycles. The SMILES string of the molecule is Cc1cc2c(cnn2-c2ccc(F)cc2)cc1[C@@H]1CN(S(=O)(=O)c2ncn(C)n2)CCN1CC(C)C. The van der Waals surface area contributed by atoms with E-state index < -0.39 is 10.0 Å². The first-order valence-electron chi connectivity index (χ1n) is 12.0. The summed E-state index contributed by atoms with van der Waals surface area (Å²) in [6.45, 7) is 8.53. The number of halogens is 1. The van der Waals surface area contributed by atoms with Crippen molar-refractivity contribution in [1.29, 1.82) is 0 Å². The molecule has 0 unspecified atom stereocenters. The number of piperazine rings is 1. The molecule has 1 fully saturated rings. The van der Waals surface area contributed by atoms with E-state index >= 15 is 0 Å². The fourth-order valence-electron chi connectivity index (χ4n) is 4.89. The van der Waals surface area contributed by atoms with Gasteiger partial charge in [-0.25, -0.2) is 22.5 Å². The minimum Gasteiger partial charge on any atom is -0.293 e. The Kier molecular flexibility index (Phi) is 6.39. The zero-order chi connectivity index (χ0) is 25.6. The molecule has 2 aromatic carbocycles. The molecule has 0 amide bonds. The van der Waals surface area contributed by atoms with Crippen molar-refractivity contribution in [3.05, 3.63) is 65.9 Å². The van der Waals surface area contributed by atoms with Crippen LogP contribution in [-0.4, -0.2) is 68.3 Å². The summed E-state index contributed by atoms with van der Waals surface area (Å²) in [5.41, 5.74) is 3.80. The van der Waals surface area contributed by atoms with Crippen molar-refractivity contribution in [2.24, 2.45) is 13.0 Å². The lowest BCUT2D eigenvalue weighted by molar-refractivity contribution is 0.104. The monoisotopic (exact) mass is 511 g/mol. The van der Waals surface area contributed by atoms with Gasteiger partial charge in [-0.3, -0.25) is 9.58 Å². The smallest absolute Gasteiger partial charge is 0.282 e. The Balaban J connectivity index is 1.53. The molecule has 0 spiro atoms. The van der Waals surface area contributed by atoms with Crippen molar-refractivity contribution in [3.63, 3.8) is 0 Å². The highest BCUT2D eigenvalue weighted by atomic mass is 32.2. The highest BCUT2D eigenvalue weighted by Crippen LogP contribution is 2.33. The molecular formula is C25H30FN7O2S. The maximum atomic E-state index is 13.4. The van der Waals surface area contributed by atoms with E-state index in [9.17, 15) is 12.8 Å². The van der Waals surface area contributed by atoms with E-state index in [4.69, 9.17) is 0 Å². The Hall–Kier alpha value is -3.15. The molecule has 1 atom stereocenters. The maximum absolute atomic E-state index is 13.4. The molecule has 0 N–H and O–H groups in total. The van der Waals surface area contributed by atoms with Crippen molar-refractivity contribution in [1.82, 2.24) is 33.8 Å². The highest BCUT2D eigenvalue weighted by molar-refractivity contribution is 7.88. The fourth-order valence-corrected chi connectivity index (χ4v) is 6.20. The summed E-state index contributed by atoms with van der Waals surface area (Å²) in [4.78, 5) is 6.36. The predicted molar refractivity (Wildman–Crippen MR) is 135 cm³/mol. The average molecular weight is 512 g/mol. The standard InChI is InChI=1S/C25H30FN7O2S/c1-17(2)14-31-9-10-32(36(34,35)25-27-16-30(4)29-25)15-24(31)22-12-19-13-28-33(23(19)11-18(22)3)21-7-5-20(26)6-8-21/h5-8,11-13,16-17,24H,9-10,14-15H2,1-4H3/t24-/m0/s1. The van der Waals surface area contributed by atoms with E-state index in [0.29, 0.717) is 25.6 Å². The third-order valence-electron chi connectivity index (χ3n) is 6.59. The van der Waals surface area contributed by atoms with Crippen LogP contribution in [0.4, 0.5) is 4.39 Å². The van der Waals surface area contributed by atoms with E-state index in [1.54, 1.807) is 30.1 Å². The van der Waals surface area contributed by atoms with Crippen molar-refractivity contribution < 1.29 is 12.8 Å². The topological polar surface area (TPSA) is 89.2 Å². The van der Waals surface area contributed by atoms with E-state index in [1.165, 1.54) is 27.4 Å². The first kappa shape index (κ1) is 24.5. The second kappa shape index (κ2) is 9.38. The first-order valence-corrected chi connectivity index (χ1v) is 13.4. The largest absolute Gasteiger partial charge is 0.293 e. The Bertz CT molecular complexity index is 1490. The van der Waals surface area contributed by atoms with Gasteiger partial charge in [0.1, 0.15) is 12.1 Å². The van der Waals surface area contributed by atoms with Crippen LogP contribution in [0.25, 0.3) is 16.6 Å². The lowest BCUT2D eigenvalue weighted by Gasteiger charge is -2.42. The molecule has 1 aliphatic heterocycles. The second-order valence-electron chi connectivity index (χ2n) is 9.77. The minimum atomic E-state index is -3.81. The Labute approximate surface area is 210 Å². The highest BCUT2D eigenvalue weighted by Gasteiger charge is 2.37. The van der Waals surface area contributed by atoms with Crippen LogP contribution in [0.1, 0.15) is 31.0 Å². The van der Waals surface area contributed by atoms with Crippen LogP contribution >= 0.6 is 0 Å². The molecule has 5 rings (SSSR count). The van der Waals surface area contributed by atoms with Crippen LogP contribution in [0.2, 0.25) is 0 Å². The lowest BCUT2D eigenvalue weighted by Crippen LogP contribution is -2.51. The number of benzene rings is 2. The molecule has 4 aromatic rings. The first-order chi connectivity index (χ1) is 17.1. The minimum absolute atomic E-state index is 0.127. The molecule has 1 aliphatic rings. The zero-order valence-electron chi connectivity index (χ0n) is 20.8. The number of nitrogens with zero attached hydrogens (tertiary/aromatic N) is 7. The number of aryl methyl sites for hydroxylation is 2. The molecule has 1 saturated heterocycles. The van der Waals surface area contributed by atoms with Gasteiger partial charge >= 0.3 is 0 Å². The van der Waals surface area contributed by atoms with Crippen molar-refractivity contribution >= 4 is 20.9 Å². The van der Waals surface area contributed by atoms with E-state index in [2.05, 4.69) is 46.1 Å². The van der Waals surface area contributed by atoms with Gasteiger partial charge in [0.05, 0.1) is 17.4 Å². The Morgan fingerprint density at radius 2 is 1.89 bits per heavy atom. The van der Waals surface area contributed by atoms with Crippen LogP contribution in [0.15, 0.2) is 54.1 Å². The summed E-state index contributed by atoms with van der Waals surface area (Å²) in [6.07, 6.45) is 3.19. The molecule has 11 heteroatoms. The molecule has 0 radical (unpaired) electrons. The predicted octanol–water partition coefficient (Wildman–Crippen LogP) is 3.31. The van der Waals surface area contributed by atoms with Gasteiger partial charge in [0.15, 0.2) is 0 Å². The van der Waals surface area contributed by atoms with Crippen LogP contribution in [0.5, 0.6) is 0 Å². The summed E-state index contributed by atoms with van der Waals surface area (Å²) < 4.78 is 44.7. The fraction of sp³-hybridized carbons (Fsp3) is 0.400. The second-order valence-corrected chi connectivity index (χ2v) is 11.6. The molecule has 3 heterocycles. The molecule has 9 nitrogen and oxygen atoms in total. The summed E-state index contributed by atoms with van der Waals surface area (Å²) >= 11 is 0. The quantitative estimate of drug-likeness (QED) is 0.395. The molecule has 0 bridgehead atoms. The molecule has 190 valence electrons. The number of hydrogen-bond acceptors (Lipinski definition) is 6. The summed E-state index contributed by atoms with van der Waals surface area (Å²) in [5.74, 6) is 0.134. The normalized spacial score (nSPS) is 17.9. The number of hydrogen-bond donors (Lipinski definition) is 0. The van der Waals surface area contributed by atoms with Gasteiger partial charge in [0.2, 0.25) is 0 Å². The van der Waals surface area contributed by atoms with E-state index in [0.717, 1.165) is 34.3 Å². The van der Waals surface area contributed by atoms with Gasteiger partial charge in [-0.1, -0.05) is 13.8 Å². The van der Waals surface area contributed by atoms with E-state index in [1.807, 2.05) is 6.92 Å². The summed E-state index contributed by atoms with van der Waals surface area (Å²) in [7, 11) is -2.16. The molecular weight excluding hydrogens is 481 g/mol. The van der Waals surface area contributed by atoms with Gasteiger partial charge < -0.3 is 0 Å². The maximum Gasteiger partial charge on any atom is 0.282 e. The number of aromatic nitrogens is 5. The Morgan fingerprint density at radius 3 is 2.56 bits per heavy atom. The van der Waals surface area contributed by atoms with Crippen LogP contribution < -0.4 is 0 Å². The van der Waals surface area contributed by atoms with Gasteiger partial charge in [0, 0.05) is 44.7 Å². The van der Waals surface area contributed by atoms with Crippen LogP contribution in [0.3, 0.4) is 0 Å². The number of rotatable bonds is 6.